The maximum Gasteiger partial charge on any atom is 0.231 e. The Kier molecular flexibility index (Phi) is 6.20. The van der Waals surface area contributed by atoms with Crippen LogP contribution in [0.5, 0.6) is 0 Å². The summed E-state index contributed by atoms with van der Waals surface area (Å²) in [6.07, 6.45) is 3.46. The molecule has 0 bridgehead atoms. The monoisotopic (exact) mass is 312 g/mol. The fraction of sp³-hybridized carbons (Fsp3) is 0.533. The van der Waals surface area contributed by atoms with Gasteiger partial charge in [-0.05, 0) is 31.0 Å². The van der Waals surface area contributed by atoms with Gasteiger partial charge in [-0.2, -0.15) is 0 Å². The van der Waals surface area contributed by atoms with Crippen LogP contribution in [0, 0.1) is 0 Å². The molecule has 0 aliphatic heterocycles. The van der Waals surface area contributed by atoms with Crippen molar-refractivity contribution >= 4 is 21.6 Å². The van der Waals surface area contributed by atoms with Crippen molar-refractivity contribution in [2.75, 3.05) is 17.6 Å². The topological polar surface area (TPSA) is 66.5 Å². The predicted molar refractivity (Wildman–Crippen MR) is 85.9 cm³/mol. The van der Waals surface area contributed by atoms with E-state index in [9.17, 15) is 13.2 Å². The van der Waals surface area contributed by atoms with Crippen LogP contribution in [-0.4, -0.2) is 33.7 Å². The van der Waals surface area contributed by atoms with Crippen LogP contribution in [0.4, 0.5) is 5.69 Å². The summed E-state index contributed by atoms with van der Waals surface area (Å²) in [7, 11) is -1.76. The van der Waals surface area contributed by atoms with Crippen LogP contribution in [0.15, 0.2) is 24.3 Å². The highest BCUT2D eigenvalue weighted by molar-refractivity contribution is 7.92. The van der Waals surface area contributed by atoms with Crippen molar-refractivity contribution in [3.05, 3.63) is 29.8 Å². The maximum atomic E-state index is 11.9. The third-order valence-corrected chi connectivity index (χ3v) is 4.50. The first-order valence-corrected chi connectivity index (χ1v) is 8.91. The molecule has 1 atom stereocenters. The molecule has 0 heterocycles. The first-order chi connectivity index (χ1) is 9.74. The molecule has 0 aromatic heterocycles. The second-order valence-corrected chi connectivity index (χ2v) is 7.34. The molecule has 0 saturated carbocycles. The molecule has 21 heavy (non-hydrogen) atoms. The molecule has 0 radical (unpaired) electrons. The fourth-order valence-corrected chi connectivity index (χ4v) is 2.54. The number of hydrogen-bond acceptors (Lipinski definition) is 3. The molecule has 6 heteroatoms. The van der Waals surface area contributed by atoms with Crippen molar-refractivity contribution in [2.24, 2.45) is 0 Å². The summed E-state index contributed by atoms with van der Waals surface area (Å²) in [6.45, 7) is 4.07. The van der Waals surface area contributed by atoms with E-state index in [4.69, 9.17) is 0 Å². The summed E-state index contributed by atoms with van der Waals surface area (Å²) in [6, 6.07) is 7.15. The quantitative estimate of drug-likeness (QED) is 0.836. The molecule has 0 fully saturated rings. The van der Waals surface area contributed by atoms with Crippen LogP contribution in [0.3, 0.4) is 0 Å². The minimum Gasteiger partial charge on any atom is -0.353 e. The molecule has 0 spiro atoms. The van der Waals surface area contributed by atoms with Crippen molar-refractivity contribution in [1.29, 1.82) is 0 Å². The number of benzene rings is 1. The van der Waals surface area contributed by atoms with Gasteiger partial charge >= 0.3 is 0 Å². The van der Waals surface area contributed by atoms with Crippen molar-refractivity contribution in [3.63, 3.8) is 0 Å². The number of rotatable bonds is 7. The molecule has 1 amide bonds. The summed E-state index contributed by atoms with van der Waals surface area (Å²) in [5.41, 5.74) is 1.45. The zero-order valence-electron chi connectivity index (χ0n) is 13.1. The van der Waals surface area contributed by atoms with E-state index in [1.165, 1.54) is 11.4 Å². The molecule has 0 aliphatic carbocycles. The summed E-state index contributed by atoms with van der Waals surface area (Å²) in [5, 5.41) is 2.95. The van der Waals surface area contributed by atoms with Gasteiger partial charge in [0.05, 0.1) is 18.4 Å². The largest absolute Gasteiger partial charge is 0.353 e. The lowest BCUT2D eigenvalue weighted by atomic mass is 10.1. The molecule has 1 aromatic rings. The van der Waals surface area contributed by atoms with E-state index in [1.54, 1.807) is 24.3 Å². The van der Waals surface area contributed by atoms with Crippen LogP contribution in [0.2, 0.25) is 0 Å². The number of nitrogens with one attached hydrogen (secondary N) is 1. The van der Waals surface area contributed by atoms with E-state index >= 15 is 0 Å². The van der Waals surface area contributed by atoms with Crippen LogP contribution in [-0.2, 0) is 21.2 Å². The number of anilines is 1. The Morgan fingerprint density at radius 1 is 1.29 bits per heavy atom. The number of amides is 1. The average Bonchev–Trinajstić information content (AvgIpc) is 2.37. The molecule has 1 rings (SSSR count). The Bertz CT molecular complexity index is 567. The highest BCUT2D eigenvalue weighted by Gasteiger charge is 2.12. The lowest BCUT2D eigenvalue weighted by molar-refractivity contribution is -0.121. The third kappa shape index (κ3) is 5.75. The fourth-order valence-electron chi connectivity index (χ4n) is 2.03. The van der Waals surface area contributed by atoms with Gasteiger partial charge in [-0.25, -0.2) is 8.42 Å². The average molecular weight is 312 g/mol. The molecule has 118 valence electrons. The molecule has 0 saturated heterocycles. The Labute approximate surface area is 127 Å². The Balaban J connectivity index is 2.65. The van der Waals surface area contributed by atoms with Gasteiger partial charge in [0.25, 0.3) is 0 Å². The Hall–Kier alpha value is -1.56. The van der Waals surface area contributed by atoms with Gasteiger partial charge in [-0.15, -0.1) is 0 Å². The second kappa shape index (κ2) is 7.45. The van der Waals surface area contributed by atoms with Crippen molar-refractivity contribution < 1.29 is 13.2 Å². The van der Waals surface area contributed by atoms with Crippen LogP contribution >= 0.6 is 0 Å². The molecular weight excluding hydrogens is 288 g/mol. The van der Waals surface area contributed by atoms with E-state index in [1.807, 2.05) is 6.92 Å². The van der Waals surface area contributed by atoms with Gasteiger partial charge in [-0.1, -0.05) is 25.5 Å². The van der Waals surface area contributed by atoms with Crippen LogP contribution in [0.1, 0.15) is 32.3 Å². The number of carbonyl (C=O) groups excluding carboxylic acids is 1. The first-order valence-electron chi connectivity index (χ1n) is 7.06. The van der Waals surface area contributed by atoms with Crippen LogP contribution < -0.4 is 9.62 Å². The van der Waals surface area contributed by atoms with Gasteiger partial charge in [0, 0.05) is 13.1 Å². The maximum absolute atomic E-state index is 11.9. The van der Waals surface area contributed by atoms with Crippen molar-refractivity contribution in [2.45, 2.75) is 39.2 Å². The highest BCUT2D eigenvalue weighted by atomic mass is 32.2. The molecular formula is C15H24N2O3S. The molecule has 1 aromatic carbocycles. The van der Waals surface area contributed by atoms with Gasteiger partial charge in [0.2, 0.25) is 15.9 Å². The number of hydrogen-bond donors (Lipinski definition) is 1. The summed E-state index contributed by atoms with van der Waals surface area (Å²) < 4.78 is 24.1. The standard InChI is InChI=1S/C15H24N2O3S/c1-5-6-12(2)16-15(18)11-13-7-9-14(10-8-13)17(3)21(4,19)20/h7-10,12H,5-6,11H2,1-4H3,(H,16,18)/t12-/m1/s1. The second-order valence-electron chi connectivity index (χ2n) is 5.33. The van der Waals surface area contributed by atoms with Crippen molar-refractivity contribution in [3.8, 4) is 0 Å². The van der Waals surface area contributed by atoms with Crippen LogP contribution in [0.25, 0.3) is 0 Å². The SMILES string of the molecule is CCC[C@@H](C)NC(=O)Cc1ccc(N(C)S(C)(=O)=O)cc1. The normalized spacial score (nSPS) is 12.8. The van der Waals surface area contributed by atoms with E-state index < -0.39 is 10.0 Å². The minimum absolute atomic E-state index is 0.0137. The van der Waals surface area contributed by atoms with E-state index in [2.05, 4.69) is 12.2 Å². The predicted octanol–water partition coefficient (Wildman–Crippen LogP) is 1.93. The zero-order chi connectivity index (χ0) is 16.0. The number of carbonyl (C=O) groups is 1. The van der Waals surface area contributed by atoms with E-state index in [0.29, 0.717) is 12.1 Å². The lowest BCUT2D eigenvalue weighted by Crippen LogP contribution is -2.33. The van der Waals surface area contributed by atoms with Gasteiger partial charge in [0.15, 0.2) is 0 Å². The van der Waals surface area contributed by atoms with Gasteiger partial charge in [0.1, 0.15) is 0 Å². The number of sulfonamides is 1. The van der Waals surface area contributed by atoms with E-state index in [0.717, 1.165) is 24.7 Å². The zero-order valence-corrected chi connectivity index (χ0v) is 13.9. The third-order valence-electron chi connectivity index (χ3n) is 3.29. The Morgan fingerprint density at radius 3 is 2.33 bits per heavy atom. The Morgan fingerprint density at radius 2 is 1.86 bits per heavy atom. The summed E-state index contributed by atoms with van der Waals surface area (Å²) >= 11 is 0. The smallest absolute Gasteiger partial charge is 0.231 e. The number of nitrogens with zero attached hydrogens (tertiary/aromatic N) is 1. The molecule has 0 unspecified atom stereocenters. The van der Waals surface area contributed by atoms with E-state index in [-0.39, 0.29) is 11.9 Å². The minimum atomic E-state index is -3.26. The summed E-state index contributed by atoms with van der Waals surface area (Å²) in [4.78, 5) is 11.9. The highest BCUT2D eigenvalue weighted by Crippen LogP contribution is 2.16. The summed E-state index contributed by atoms with van der Waals surface area (Å²) in [5.74, 6) is -0.0137. The van der Waals surface area contributed by atoms with Crippen molar-refractivity contribution in [1.82, 2.24) is 5.32 Å². The molecule has 1 N–H and O–H groups in total. The first kappa shape index (κ1) is 17.5. The lowest BCUT2D eigenvalue weighted by Gasteiger charge is -2.17. The molecule has 0 aliphatic rings. The molecule has 5 nitrogen and oxygen atoms in total. The van der Waals surface area contributed by atoms with Gasteiger partial charge < -0.3 is 5.32 Å². The van der Waals surface area contributed by atoms with Gasteiger partial charge in [-0.3, -0.25) is 9.10 Å².